The fourth-order valence-electron chi connectivity index (χ4n) is 2.55. The summed E-state index contributed by atoms with van der Waals surface area (Å²) in [5.41, 5.74) is 2.02. The van der Waals surface area contributed by atoms with Crippen LogP contribution in [-0.2, 0) is 4.79 Å². The molecule has 0 radical (unpaired) electrons. The summed E-state index contributed by atoms with van der Waals surface area (Å²) in [5, 5.41) is 5.99. The number of amides is 2. The summed E-state index contributed by atoms with van der Waals surface area (Å²) >= 11 is 0. The zero-order valence-electron chi connectivity index (χ0n) is 15.7. The average Bonchev–Trinajstić information content (AvgIpc) is 2.67. The molecule has 5 heteroatoms. The van der Waals surface area contributed by atoms with E-state index in [1.54, 1.807) is 29.2 Å². The van der Waals surface area contributed by atoms with Crippen LogP contribution < -0.4 is 15.5 Å². The number of benzene rings is 2. The van der Waals surface area contributed by atoms with Gasteiger partial charge in [0.2, 0.25) is 5.91 Å². The van der Waals surface area contributed by atoms with Crippen molar-refractivity contribution < 1.29 is 9.59 Å². The quantitative estimate of drug-likeness (QED) is 0.761. The van der Waals surface area contributed by atoms with Crippen molar-refractivity contribution in [1.29, 1.82) is 0 Å². The lowest BCUT2D eigenvalue weighted by Crippen LogP contribution is -2.34. The van der Waals surface area contributed by atoms with Gasteiger partial charge in [0.25, 0.3) is 5.91 Å². The summed E-state index contributed by atoms with van der Waals surface area (Å²) in [6.45, 7) is 6.86. The fraction of sp³-hybridized carbons (Fsp3) is 0.333. The van der Waals surface area contributed by atoms with E-state index in [4.69, 9.17) is 0 Å². The number of nitrogens with one attached hydrogen (secondary N) is 2. The van der Waals surface area contributed by atoms with Crippen molar-refractivity contribution in [2.24, 2.45) is 0 Å². The van der Waals surface area contributed by atoms with Gasteiger partial charge in [0, 0.05) is 29.5 Å². The van der Waals surface area contributed by atoms with E-state index >= 15 is 0 Å². The zero-order valence-corrected chi connectivity index (χ0v) is 15.7. The standard InChI is InChI=1S/C21H27N3O2/c1-4-16(3)22-15-20(25)23-18-11-9-10-17(14-18)21(26)24(5-2)19-12-7-6-8-13-19/h6-14,16,22H,4-5,15H2,1-3H3,(H,23,25). The van der Waals surface area contributed by atoms with Gasteiger partial charge in [0.1, 0.15) is 0 Å². The summed E-state index contributed by atoms with van der Waals surface area (Å²) in [6.07, 6.45) is 0.962. The summed E-state index contributed by atoms with van der Waals surface area (Å²) < 4.78 is 0. The largest absolute Gasteiger partial charge is 0.325 e. The molecule has 26 heavy (non-hydrogen) atoms. The SMILES string of the molecule is CCC(C)NCC(=O)Nc1cccc(C(=O)N(CC)c2ccccc2)c1. The van der Waals surface area contributed by atoms with Crippen LogP contribution in [0.2, 0.25) is 0 Å². The van der Waals surface area contributed by atoms with Crippen molar-refractivity contribution in [2.75, 3.05) is 23.3 Å². The van der Waals surface area contributed by atoms with Crippen LogP contribution in [0.25, 0.3) is 0 Å². The Bertz CT molecular complexity index is 731. The maximum atomic E-state index is 12.9. The lowest BCUT2D eigenvalue weighted by Gasteiger charge is -2.21. The van der Waals surface area contributed by atoms with Crippen molar-refractivity contribution in [3.8, 4) is 0 Å². The van der Waals surface area contributed by atoms with Gasteiger partial charge in [-0.25, -0.2) is 0 Å². The molecule has 0 bridgehead atoms. The van der Waals surface area contributed by atoms with E-state index in [1.807, 2.05) is 44.2 Å². The van der Waals surface area contributed by atoms with Gasteiger partial charge in [0.15, 0.2) is 0 Å². The van der Waals surface area contributed by atoms with E-state index in [2.05, 4.69) is 17.6 Å². The van der Waals surface area contributed by atoms with Crippen LogP contribution in [0, 0.1) is 0 Å². The molecular formula is C21H27N3O2. The van der Waals surface area contributed by atoms with E-state index < -0.39 is 0 Å². The molecule has 1 unspecified atom stereocenters. The van der Waals surface area contributed by atoms with Crippen molar-refractivity contribution in [2.45, 2.75) is 33.2 Å². The Morgan fingerprint density at radius 1 is 1.04 bits per heavy atom. The summed E-state index contributed by atoms with van der Waals surface area (Å²) in [7, 11) is 0. The maximum Gasteiger partial charge on any atom is 0.258 e. The number of carbonyl (C=O) groups excluding carboxylic acids is 2. The Morgan fingerprint density at radius 3 is 2.42 bits per heavy atom. The fourth-order valence-corrected chi connectivity index (χ4v) is 2.55. The number of para-hydroxylation sites is 1. The monoisotopic (exact) mass is 353 g/mol. The first-order valence-electron chi connectivity index (χ1n) is 9.05. The highest BCUT2D eigenvalue weighted by molar-refractivity contribution is 6.07. The molecule has 0 saturated heterocycles. The summed E-state index contributed by atoms with van der Waals surface area (Å²) in [4.78, 5) is 26.6. The van der Waals surface area contributed by atoms with Crippen molar-refractivity contribution >= 4 is 23.2 Å². The van der Waals surface area contributed by atoms with Gasteiger partial charge >= 0.3 is 0 Å². The highest BCUT2D eigenvalue weighted by Gasteiger charge is 2.16. The lowest BCUT2D eigenvalue weighted by molar-refractivity contribution is -0.115. The lowest BCUT2D eigenvalue weighted by atomic mass is 10.1. The normalized spacial score (nSPS) is 11.7. The second-order valence-electron chi connectivity index (χ2n) is 6.20. The number of hydrogen-bond donors (Lipinski definition) is 2. The van der Waals surface area contributed by atoms with Crippen LogP contribution >= 0.6 is 0 Å². The molecule has 138 valence electrons. The minimum Gasteiger partial charge on any atom is -0.325 e. The molecular weight excluding hydrogens is 326 g/mol. The van der Waals surface area contributed by atoms with Crippen molar-refractivity contribution in [3.63, 3.8) is 0 Å². The number of anilines is 2. The van der Waals surface area contributed by atoms with Crippen LogP contribution in [0.5, 0.6) is 0 Å². The number of hydrogen-bond acceptors (Lipinski definition) is 3. The Labute approximate surface area is 155 Å². The van der Waals surface area contributed by atoms with Gasteiger partial charge in [-0.2, -0.15) is 0 Å². The highest BCUT2D eigenvalue weighted by Crippen LogP contribution is 2.18. The van der Waals surface area contributed by atoms with Gasteiger partial charge in [-0.05, 0) is 50.6 Å². The van der Waals surface area contributed by atoms with Crippen LogP contribution in [0.3, 0.4) is 0 Å². The molecule has 0 aliphatic carbocycles. The van der Waals surface area contributed by atoms with E-state index in [0.717, 1.165) is 12.1 Å². The van der Waals surface area contributed by atoms with Gasteiger partial charge < -0.3 is 15.5 Å². The third-order valence-electron chi connectivity index (χ3n) is 4.25. The van der Waals surface area contributed by atoms with Gasteiger partial charge in [-0.3, -0.25) is 9.59 Å². The molecule has 0 aliphatic rings. The number of nitrogens with zero attached hydrogens (tertiary/aromatic N) is 1. The molecule has 1 atom stereocenters. The van der Waals surface area contributed by atoms with E-state index in [1.165, 1.54) is 0 Å². The van der Waals surface area contributed by atoms with Crippen LogP contribution in [-0.4, -0.2) is 30.9 Å². The Kier molecular flexibility index (Phi) is 7.36. The van der Waals surface area contributed by atoms with Crippen LogP contribution in [0.15, 0.2) is 54.6 Å². The Morgan fingerprint density at radius 2 is 1.77 bits per heavy atom. The first kappa shape index (κ1) is 19.7. The second kappa shape index (κ2) is 9.73. The molecule has 0 spiro atoms. The van der Waals surface area contributed by atoms with E-state index in [-0.39, 0.29) is 24.4 Å². The molecule has 0 aliphatic heterocycles. The van der Waals surface area contributed by atoms with Crippen LogP contribution in [0.1, 0.15) is 37.6 Å². The van der Waals surface area contributed by atoms with Gasteiger partial charge in [-0.15, -0.1) is 0 Å². The summed E-state index contributed by atoms with van der Waals surface area (Å²) in [6, 6.07) is 16.9. The second-order valence-corrected chi connectivity index (χ2v) is 6.20. The molecule has 2 rings (SSSR count). The Balaban J connectivity index is 2.08. The zero-order chi connectivity index (χ0) is 18.9. The molecule has 0 aromatic heterocycles. The minimum absolute atomic E-state index is 0.0903. The molecule has 2 amide bonds. The molecule has 2 aromatic rings. The average molecular weight is 353 g/mol. The van der Waals surface area contributed by atoms with Gasteiger partial charge in [-0.1, -0.05) is 31.2 Å². The first-order valence-corrected chi connectivity index (χ1v) is 9.05. The number of rotatable bonds is 8. The molecule has 2 N–H and O–H groups in total. The topological polar surface area (TPSA) is 61.4 Å². The minimum atomic E-state index is -0.120. The van der Waals surface area contributed by atoms with E-state index in [0.29, 0.717) is 17.8 Å². The van der Waals surface area contributed by atoms with Crippen molar-refractivity contribution in [3.05, 3.63) is 60.2 Å². The predicted octanol–water partition coefficient (Wildman–Crippen LogP) is 3.68. The van der Waals surface area contributed by atoms with E-state index in [9.17, 15) is 9.59 Å². The smallest absolute Gasteiger partial charge is 0.258 e. The third kappa shape index (κ3) is 5.43. The highest BCUT2D eigenvalue weighted by atomic mass is 16.2. The molecule has 5 nitrogen and oxygen atoms in total. The molecule has 0 saturated carbocycles. The molecule has 0 fully saturated rings. The number of carbonyl (C=O) groups is 2. The third-order valence-corrected chi connectivity index (χ3v) is 4.25. The maximum absolute atomic E-state index is 12.9. The Hall–Kier alpha value is -2.66. The summed E-state index contributed by atoms with van der Waals surface area (Å²) in [5.74, 6) is -0.210. The van der Waals surface area contributed by atoms with Crippen LogP contribution in [0.4, 0.5) is 11.4 Å². The first-order chi connectivity index (χ1) is 12.5. The molecule has 0 heterocycles. The molecule has 2 aromatic carbocycles. The predicted molar refractivity (Wildman–Crippen MR) is 107 cm³/mol. The van der Waals surface area contributed by atoms with Crippen molar-refractivity contribution in [1.82, 2.24) is 5.32 Å². The van der Waals surface area contributed by atoms with Gasteiger partial charge in [0.05, 0.1) is 6.54 Å².